The Morgan fingerprint density at radius 3 is 3.30 bits per heavy atom. The highest BCUT2D eigenvalue weighted by atomic mass is 79.9. The number of aryl methyl sites for hydroxylation is 1. The van der Waals surface area contributed by atoms with E-state index in [0.29, 0.717) is 4.73 Å². The lowest BCUT2D eigenvalue weighted by Gasteiger charge is -2.12. The summed E-state index contributed by atoms with van der Waals surface area (Å²) in [6, 6.07) is 0. The van der Waals surface area contributed by atoms with Gasteiger partial charge in [0.1, 0.15) is 0 Å². The molecule has 0 saturated heterocycles. The third-order valence-electron chi connectivity index (χ3n) is 1.48. The summed E-state index contributed by atoms with van der Waals surface area (Å²) in [5.74, 6) is 0.873. The maximum Gasteiger partial charge on any atom is 0.222 e. The number of fused-ring (bicyclic) bond motifs is 1. The van der Waals surface area contributed by atoms with E-state index in [-0.39, 0.29) is 0 Å². The molecule has 2 rings (SSSR count). The van der Waals surface area contributed by atoms with Gasteiger partial charge in [-0.05, 0) is 22.4 Å². The summed E-state index contributed by atoms with van der Waals surface area (Å²) in [7, 11) is 0. The van der Waals surface area contributed by atoms with Gasteiger partial charge in [0.2, 0.25) is 10.7 Å². The molecule has 0 aromatic carbocycles. The average Bonchev–Trinajstić information content (AvgIpc) is 2.27. The predicted molar refractivity (Wildman–Crippen MR) is 40.8 cm³/mol. The van der Waals surface area contributed by atoms with Crippen LogP contribution >= 0.6 is 15.9 Å². The Kier molecular flexibility index (Phi) is 1.37. The first-order chi connectivity index (χ1) is 4.86. The molecule has 0 amide bonds. The molecule has 1 aliphatic rings. The zero-order valence-electron chi connectivity index (χ0n) is 5.34. The number of nitrogens with one attached hydrogen (secondary N) is 1. The van der Waals surface area contributed by atoms with Gasteiger partial charge in [-0.1, -0.05) is 0 Å². The normalized spacial score (nSPS) is 16.1. The number of hydrogen-bond acceptors (Lipinski definition) is 3. The van der Waals surface area contributed by atoms with E-state index in [1.807, 2.05) is 4.68 Å². The first-order valence-corrected chi connectivity index (χ1v) is 4.00. The SMILES string of the molecule is Brc1nc2n(n1)CCCN2. The first kappa shape index (κ1) is 6.15. The molecule has 0 saturated carbocycles. The number of halogens is 1. The Balaban J connectivity index is 2.41. The number of anilines is 1. The Morgan fingerprint density at radius 2 is 2.50 bits per heavy atom. The molecule has 0 unspecified atom stereocenters. The Labute approximate surface area is 66.8 Å². The Morgan fingerprint density at radius 1 is 1.60 bits per heavy atom. The number of rotatable bonds is 0. The van der Waals surface area contributed by atoms with E-state index in [1.165, 1.54) is 0 Å². The average molecular weight is 203 g/mol. The van der Waals surface area contributed by atoms with Crippen LogP contribution in [0.1, 0.15) is 6.42 Å². The lowest BCUT2D eigenvalue weighted by Crippen LogP contribution is -2.17. The molecule has 10 heavy (non-hydrogen) atoms. The molecule has 0 atom stereocenters. The second kappa shape index (κ2) is 2.23. The van der Waals surface area contributed by atoms with Crippen molar-refractivity contribution in [1.82, 2.24) is 14.8 Å². The molecule has 0 spiro atoms. The van der Waals surface area contributed by atoms with Gasteiger partial charge in [0.15, 0.2) is 0 Å². The first-order valence-electron chi connectivity index (χ1n) is 3.20. The van der Waals surface area contributed by atoms with Gasteiger partial charge in [-0.25, -0.2) is 4.68 Å². The second-order valence-electron chi connectivity index (χ2n) is 2.21. The summed E-state index contributed by atoms with van der Waals surface area (Å²) in [6.45, 7) is 1.98. The third-order valence-corrected chi connectivity index (χ3v) is 1.81. The maximum absolute atomic E-state index is 4.11. The van der Waals surface area contributed by atoms with Gasteiger partial charge in [-0.15, -0.1) is 5.10 Å². The van der Waals surface area contributed by atoms with E-state index in [9.17, 15) is 0 Å². The maximum atomic E-state index is 4.11. The lowest BCUT2D eigenvalue weighted by atomic mass is 10.4. The van der Waals surface area contributed by atoms with Crippen LogP contribution in [0, 0.1) is 0 Å². The molecule has 2 heterocycles. The van der Waals surface area contributed by atoms with Crippen LogP contribution in [0.4, 0.5) is 5.95 Å². The molecule has 0 bridgehead atoms. The molecule has 1 aromatic rings. The van der Waals surface area contributed by atoms with Crippen molar-refractivity contribution in [2.24, 2.45) is 0 Å². The summed E-state index contributed by atoms with van der Waals surface area (Å²) in [5.41, 5.74) is 0. The van der Waals surface area contributed by atoms with Gasteiger partial charge < -0.3 is 5.32 Å². The van der Waals surface area contributed by atoms with E-state index >= 15 is 0 Å². The fourth-order valence-corrected chi connectivity index (χ4v) is 1.39. The molecule has 54 valence electrons. The van der Waals surface area contributed by atoms with E-state index in [4.69, 9.17) is 0 Å². The monoisotopic (exact) mass is 202 g/mol. The van der Waals surface area contributed by atoms with Crippen molar-refractivity contribution in [3.63, 3.8) is 0 Å². The molecular formula is C5H7BrN4. The molecule has 4 nitrogen and oxygen atoms in total. The Hall–Kier alpha value is -0.580. The van der Waals surface area contributed by atoms with Crippen molar-refractivity contribution in [3.05, 3.63) is 4.73 Å². The van der Waals surface area contributed by atoms with Crippen LogP contribution in [-0.4, -0.2) is 21.3 Å². The topological polar surface area (TPSA) is 42.7 Å². The van der Waals surface area contributed by atoms with Crippen LogP contribution in [-0.2, 0) is 6.54 Å². The number of hydrogen-bond donors (Lipinski definition) is 1. The van der Waals surface area contributed by atoms with Gasteiger partial charge in [0, 0.05) is 13.1 Å². The summed E-state index contributed by atoms with van der Waals surface area (Å²) in [6.07, 6.45) is 1.13. The summed E-state index contributed by atoms with van der Waals surface area (Å²) >= 11 is 3.21. The van der Waals surface area contributed by atoms with Gasteiger partial charge in [0.25, 0.3) is 0 Å². The minimum Gasteiger partial charge on any atom is -0.354 e. The number of aromatic nitrogens is 3. The fourth-order valence-electron chi connectivity index (χ4n) is 1.03. The molecular weight excluding hydrogens is 196 g/mol. The fraction of sp³-hybridized carbons (Fsp3) is 0.600. The van der Waals surface area contributed by atoms with E-state index < -0.39 is 0 Å². The second-order valence-corrected chi connectivity index (χ2v) is 2.92. The Bertz CT molecular complexity index is 220. The van der Waals surface area contributed by atoms with Crippen LogP contribution in [0.5, 0.6) is 0 Å². The highest BCUT2D eigenvalue weighted by Crippen LogP contribution is 2.13. The molecule has 5 heteroatoms. The lowest BCUT2D eigenvalue weighted by molar-refractivity contribution is 0.563. The van der Waals surface area contributed by atoms with Gasteiger partial charge in [-0.2, -0.15) is 4.98 Å². The summed E-state index contributed by atoms with van der Waals surface area (Å²) in [4.78, 5) is 4.11. The van der Waals surface area contributed by atoms with Gasteiger partial charge >= 0.3 is 0 Å². The van der Waals surface area contributed by atoms with Crippen molar-refractivity contribution in [2.45, 2.75) is 13.0 Å². The van der Waals surface area contributed by atoms with Crippen molar-refractivity contribution in [3.8, 4) is 0 Å². The zero-order chi connectivity index (χ0) is 6.97. The van der Waals surface area contributed by atoms with E-state index in [2.05, 4.69) is 31.3 Å². The third kappa shape index (κ3) is 0.901. The summed E-state index contributed by atoms with van der Waals surface area (Å²) < 4.78 is 2.53. The van der Waals surface area contributed by atoms with Crippen molar-refractivity contribution < 1.29 is 0 Å². The van der Waals surface area contributed by atoms with Crippen molar-refractivity contribution >= 4 is 21.9 Å². The minimum absolute atomic E-state index is 0.664. The molecule has 0 aliphatic carbocycles. The largest absolute Gasteiger partial charge is 0.354 e. The van der Waals surface area contributed by atoms with Crippen LogP contribution in [0.2, 0.25) is 0 Å². The van der Waals surface area contributed by atoms with Crippen LogP contribution < -0.4 is 5.32 Å². The molecule has 0 radical (unpaired) electrons. The van der Waals surface area contributed by atoms with Crippen LogP contribution in [0.15, 0.2) is 4.73 Å². The van der Waals surface area contributed by atoms with Crippen LogP contribution in [0.3, 0.4) is 0 Å². The van der Waals surface area contributed by atoms with E-state index in [0.717, 1.165) is 25.5 Å². The zero-order valence-corrected chi connectivity index (χ0v) is 6.93. The van der Waals surface area contributed by atoms with Crippen LogP contribution in [0.25, 0.3) is 0 Å². The summed E-state index contributed by atoms with van der Waals surface area (Å²) in [5, 5.41) is 7.25. The number of nitrogens with zero attached hydrogens (tertiary/aromatic N) is 3. The molecule has 1 N–H and O–H groups in total. The van der Waals surface area contributed by atoms with Crippen molar-refractivity contribution in [1.29, 1.82) is 0 Å². The van der Waals surface area contributed by atoms with E-state index in [1.54, 1.807) is 0 Å². The minimum atomic E-state index is 0.664. The molecule has 0 fully saturated rings. The van der Waals surface area contributed by atoms with Gasteiger partial charge in [-0.3, -0.25) is 0 Å². The van der Waals surface area contributed by atoms with Crippen molar-refractivity contribution in [2.75, 3.05) is 11.9 Å². The quantitative estimate of drug-likeness (QED) is 0.679. The smallest absolute Gasteiger partial charge is 0.222 e. The molecule has 1 aliphatic heterocycles. The van der Waals surface area contributed by atoms with Gasteiger partial charge in [0.05, 0.1) is 0 Å². The highest BCUT2D eigenvalue weighted by Gasteiger charge is 2.10. The molecule has 1 aromatic heterocycles. The highest BCUT2D eigenvalue weighted by molar-refractivity contribution is 9.10. The standard InChI is InChI=1S/C5H7BrN4/c6-4-8-5-7-2-1-3-10(5)9-4/h1-3H2,(H,7,8,9). The predicted octanol–water partition coefficient (Wildman–Crippen LogP) is 0.856.